The number of amides is 1. The van der Waals surface area contributed by atoms with Crippen molar-refractivity contribution < 1.29 is 4.79 Å². The van der Waals surface area contributed by atoms with Gasteiger partial charge >= 0.3 is 0 Å². The van der Waals surface area contributed by atoms with E-state index >= 15 is 0 Å². The van der Waals surface area contributed by atoms with Crippen molar-refractivity contribution in [2.45, 2.75) is 32.2 Å². The van der Waals surface area contributed by atoms with E-state index in [2.05, 4.69) is 47.2 Å². The van der Waals surface area contributed by atoms with Crippen LogP contribution in [0.25, 0.3) is 0 Å². The molecule has 1 aromatic carbocycles. The first-order valence-electron chi connectivity index (χ1n) is 6.64. The lowest BCUT2D eigenvalue weighted by Gasteiger charge is -2.42. The fourth-order valence-electron chi connectivity index (χ4n) is 3.49. The predicted molar refractivity (Wildman–Crippen MR) is 86.4 cm³/mol. The Morgan fingerprint density at radius 2 is 2.10 bits per heavy atom. The van der Waals surface area contributed by atoms with E-state index in [-0.39, 0.29) is 11.3 Å². The van der Waals surface area contributed by atoms with E-state index in [9.17, 15) is 4.79 Å². The Hall–Kier alpha value is -0.940. The third-order valence-electron chi connectivity index (χ3n) is 4.24. The minimum absolute atomic E-state index is 0.0506. The largest absolute Gasteiger partial charge is 0.344 e. The van der Waals surface area contributed by atoms with Crippen LogP contribution in [0.5, 0.6) is 0 Å². The van der Waals surface area contributed by atoms with Crippen LogP contribution >= 0.6 is 28.1 Å². The Balaban J connectivity index is 2.24. The first-order chi connectivity index (χ1) is 9.25. The van der Waals surface area contributed by atoms with E-state index in [0.29, 0.717) is 5.11 Å². The van der Waals surface area contributed by atoms with E-state index in [4.69, 9.17) is 12.2 Å². The second kappa shape index (κ2) is 4.28. The zero-order chi connectivity index (χ0) is 14.7. The highest BCUT2D eigenvalue weighted by atomic mass is 79.9. The number of carbonyl (C=O) groups excluding carboxylic acids is 1. The highest BCUT2D eigenvalue weighted by Gasteiger charge is 2.55. The lowest BCUT2D eigenvalue weighted by atomic mass is 9.65. The normalized spacial score (nSPS) is 27.7. The molecule has 0 bridgehead atoms. The monoisotopic (exact) mass is 352 g/mol. The Morgan fingerprint density at radius 3 is 2.70 bits per heavy atom. The van der Waals surface area contributed by atoms with Crippen molar-refractivity contribution in [3.05, 3.63) is 33.8 Å². The topological polar surface area (TPSA) is 32.3 Å². The van der Waals surface area contributed by atoms with Crippen molar-refractivity contribution in [3.8, 4) is 0 Å². The summed E-state index contributed by atoms with van der Waals surface area (Å²) >= 11 is 8.81. The van der Waals surface area contributed by atoms with Gasteiger partial charge in [0.2, 0.25) is 0 Å². The molecule has 0 aromatic heterocycles. The smallest absolute Gasteiger partial charge is 0.258 e. The number of hydrogen-bond acceptors (Lipinski definition) is 2. The van der Waals surface area contributed by atoms with Gasteiger partial charge in [0.25, 0.3) is 5.91 Å². The molecule has 2 aliphatic rings. The van der Waals surface area contributed by atoms with Crippen molar-refractivity contribution in [3.63, 3.8) is 0 Å². The molecule has 106 valence electrons. The molecule has 1 unspecified atom stereocenters. The van der Waals surface area contributed by atoms with Crippen LogP contribution in [0.3, 0.4) is 0 Å². The third kappa shape index (κ3) is 1.91. The molecule has 1 aliphatic carbocycles. The minimum atomic E-state index is -0.702. The van der Waals surface area contributed by atoms with Gasteiger partial charge in [-0.05, 0) is 53.7 Å². The Bertz CT molecular complexity index is 628. The summed E-state index contributed by atoms with van der Waals surface area (Å²) in [6.45, 7) is 4.41. The average Bonchev–Trinajstić information content (AvgIpc) is 2.55. The van der Waals surface area contributed by atoms with Gasteiger partial charge in [-0.15, -0.1) is 0 Å². The van der Waals surface area contributed by atoms with Gasteiger partial charge in [-0.3, -0.25) is 9.69 Å². The van der Waals surface area contributed by atoms with Gasteiger partial charge in [-0.2, -0.15) is 0 Å². The number of thiocarbonyl (C=S) groups is 1. The number of halogens is 1. The van der Waals surface area contributed by atoms with Crippen LogP contribution in [0.2, 0.25) is 0 Å². The van der Waals surface area contributed by atoms with Crippen LogP contribution in [0.1, 0.15) is 31.4 Å². The fraction of sp³-hybridized carbons (Fsp3) is 0.467. The summed E-state index contributed by atoms with van der Waals surface area (Å²) < 4.78 is 0.991. The van der Waals surface area contributed by atoms with Gasteiger partial charge in [-0.1, -0.05) is 35.8 Å². The molecular formula is C15H17BrN2OS. The maximum Gasteiger partial charge on any atom is 0.258 e. The first kappa shape index (κ1) is 14.0. The lowest BCUT2D eigenvalue weighted by molar-refractivity contribution is -0.132. The number of nitrogens with zero attached hydrogens (tertiary/aromatic N) is 1. The summed E-state index contributed by atoms with van der Waals surface area (Å²) in [5.41, 5.74) is 1.64. The van der Waals surface area contributed by atoms with Crippen LogP contribution in [0.4, 0.5) is 0 Å². The summed E-state index contributed by atoms with van der Waals surface area (Å²) in [5.74, 6) is 0.0506. The SMILES string of the molecule is CN1C(=O)C2(CC(C)(C)Cc3ccc(Br)cc32)NC1=S. The number of fused-ring (bicyclic) bond motifs is 2. The standard InChI is InChI=1S/C15H17BrN2OS/c1-14(2)7-9-4-5-10(16)6-11(9)15(8-14)12(19)18(3)13(20)17-15/h4-6H,7-8H2,1-3H3,(H,17,20). The molecule has 3 rings (SSSR count). The number of likely N-dealkylation sites (N-methyl/N-ethyl adjacent to an activating group) is 1. The number of rotatable bonds is 0. The maximum atomic E-state index is 12.8. The molecule has 1 atom stereocenters. The Labute approximate surface area is 132 Å². The molecule has 5 heteroatoms. The summed E-state index contributed by atoms with van der Waals surface area (Å²) in [4.78, 5) is 14.4. The van der Waals surface area contributed by atoms with Gasteiger partial charge in [-0.25, -0.2) is 0 Å². The van der Waals surface area contributed by atoms with Gasteiger partial charge in [0.15, 0.2) is 5.11 Å². The van der Waals surface area contributed by atoms with Crippen LogP contribution in [-0.2, 0) is 16.8 Å². The van der Waals surface area contributed by atoms with Gasteiger partial charge < -0.3 is 5.32 Å². The van der Waals surface area contributed by atoms with Crippen LogP contribution in [0, 0.1) is 5.41 Å². The van der Waals surface area contributed by atoms with Crippen LogP contribution < -0.4 is 5.32 Å². The zero-order valence-corrected chi connectivity index (χ0v) is 14.2. The predicted octanol–water partition coefficient (Wildman–Crippen LogP) is 2.96. The molecule has 1 amide bonds. The van der Waals surface area contributed by atoms with Crippen molar-refractivity contribution in [2.75, 3.05) is 7.05 Å². The van der Waals surface area contributed by atoms with Crippen molar-refractivity contribution in [1.82, 2.24) is 10.2 Å². The summed E-state index contributed by atoms with van der Waals surface area (Å²) in [7, 11) is 1.74. The molecule has 1 heterocycles. The fourth-order valence-corrected chi connectivity index (χ4v) is 4.11. The summed E-state index contributed by atoms with van der Waals surface area (Å²) in [6, 6.07) is 6.20. The summed E-state index contributed by atoms with van der Waals surface area (Å²) in [5, 5.41) is 3.81. The number of carbonyl (C=O) groups is 1. The number of nitrogens with one attached hydrogen (secondary N) is 1. The van der Waals surface area contributed by atoms with Crippen LogP contribution in [-0.4, -0.2) is 23.0 Å². The van der Waals surface area contributed by atoms with E-state index in [1.807, 2.05) is 6.07 Å². The molecular weight excluding hydrogens is 336 g/mol. The molecule has 0 radical (unpaired) electrons. The van der Waals surface area contributed by atoms with E-state index < -0.39 is 5.54 Å². The maximum absolute atomic E-state index is 12.8. The highest BCUT2D eigenvalue weighted by molar-refractivity contribution is 9.10. The number of benzene rings is 1. The molecule has 20 heavy (non-hydrogen) atoms. The second-order valence-electron chi connectivity index (χ2n) is 6.52. The quantitative estimate of drug-likeness (QED) is 0.728. The zero-order valence-electron chi connectivity index (χ0n) is 11.8. The van der Waals surface area contributed by atoms with E-state index in [0.717, 1.165) is 22.9 Å². The molecule has 1 saturated heterocycles. The van der Waals surface area contributed by atoms with Gasteiger partial charge in [0, 0.05) is 11.5 Å². The van der Waals surface area contributed by atoms with Gasteiger partial charge in [0.05, 0.1) is 0 Å². The summed E-state index contributed by atoms with van der Waals surface area (Å²) in [6.07, 6.45) is 1.73. The van der Waals surface area contributed by atoms with Crippen molar-refractivity contribution in [1.29, 1.82) is 0 Å². The molecule has 3 nitrogen and oxygen atoms in total. The lowest BCUT2D eigenvalue weighted by Crippen LogP contribution is -2.50. The molecule has 0 saturated carbocycles. The van der Waals surface area contributed by atoms with Gasteiger partial charge in [0.1, 0.15) is 5.54 Å². The average molecular weight is 353 g/mol. The Morgan fingerprint density at radius 1 is 1.40 bits per heavy atom. The first-order valence-corrected chi connectivity index (χ1v) is 7.85. The molecule has 1 aromatic rings. The molecule has 1 spiro atoms. The number of hydrogen-bond donors (Lipinski definition) is 1. The van der Waals surface area contributed by atoms with E-state index in [1.54, 1.807) is 11.9 Å². The third-order valence-corrected chi connectivity index (χ3v) is 5.11. The van der Waals surface area contributed by atoms with Crippen molar-refractivity contribution in [2.24, 2.45) is 5.41 Å². The second-order valence-corrected chi connectivity index (χ2v) is 7.82. The van der Waals surface area contributed by atoms with Crippen LogP contribution in [0.15, 0.2) is 22.7 Å². The molecule has 1 fully saturated rings. The van der Waals surface area contributed by atoms with E-state index in [1.165, 1.54) is 5.56 Å². The minimum Gasteiger partial charge on any atom is -0.344 e. The van der Waals surface area contributed by atoms with Crippen molar-refractivity contribution >= 4 is 39.2 Å². The Kier molecular flexibility index (Phi) is 3.00. The molecule has 1 N–H and O–H groups in total. The molecule has 1 aliphatic heterocycles. The highest BCUT2D eigenvalue weighted by Crippen LogP contribution is 2.47.